The molecular weight excluding hydrogens is 354 g/mol. The molecule has 1 aromatic carbocycles. The number of carbonyl (C=O) groups excluding carboxylic acids is 3. The first kappa shape index (κ1) is 18.7. The van der Waals surface area contributed by atoms with Crippen LogP contribution in [0.3, 0.4) is 0 Å². The molecule has 1 aliphatic carbocycles. The van der Waals surface area contributed by atoms with Gasteiger partial charge in [0.25, 0.3) is 5.91 Å². The van der Waals surface area contributed by atoms with Gasteiger partial charge in [0.1, 0.15) is 12.1 Å². The Morgan fingerprint density at radius 1 is 1.35 bits per heavy atom. The van der Waals surface area contributed by atoms with E-state index in [9.17, 15) is 14.4 Å². The molecule has 3 rings (SSSR count). The smallest absolute Gasteiger partial charge is 0.324 e. The van der Waals surface area contributed by atoms with Gasteiger partial charge in [-0.05, 0) is 48.8 Å². The summed E-state index contributed by atoms with van der Waals surface area (Å²) < 4.78 is 0. The molecule has 1 saturated carbocycles. The lowest BCUT2D eigenvalue weighted by molar-refractivity contribution is -0.136. The summed E-state index contributed by atoms with van der Waals surface area (Å²) in [6, 6.07) is 6.22. The van der Waals surface area contributed by atoms with Gasteiger partial charge >= 0.3 is 6.03 Å². The predicted octanol–water partition coefficient (Wildman–Crippen LogP) is 3.42. The van der Waals surface area contributed by atoms with Crippen LogP contribution in [0.2, 0.25) is 5.02 Å². The molecule has 4 amide bonds. The molecule has 140 valence electrons. The minimum atomic E-state index is -0.894. The largest absolute Gasteiger partial charge is 0.325 e. The Balaban J connectivity index is 1.72. The lowest BCUT2D eigenvalue weighted by Crippen LogP contribution is -2.54. The van der Waals surface area contributed by atoms with Crippen molar-refractivity contribution in [2.75, 3.05) is 11.9 Å². The molecule has 0 radical (unpaired) electrons. The number of anilines is 1. The topological polar surface area (TPSA) is 78.5 Å². The van der Waals surface area contributed by atoms with Crippen molar-refractivity contribution in [1.82, 2.24) is 10.2 Å². The summed E-state index contributed by atoms with van der Waals surface area (Å²) in [6.07, 6.45) is 2.20. The van der Waals surface area contributed by atoms with Crippen LogP contribution in [0.4, 0.5) is 10.5 Å². The van der Waals surface area contributed by atoms with Gasteiger partial charge in [-0.2, -0.15) is 0 Å². The van der Waals surface area contributed by atoms with E-state index in [-0.39, 0.29) is 17.9 Å². The second-order valence-corrected chi connectivity index (χ2v) is 8.75. The molecule has 2 fully saturated rings. The summed E-state index contributed by atoms with van der Waals surface area (Å²) in [5, 5.41) is 6.04. The summed E-state index contributed by atoms with van der Waals surface area (Å²) in [7, 11) is 0. The van der Waals surface area contributed by atoms with E-state index in [0.29, 0.717) is 29.5 Å². The zero-order chi connectivity index (χ0) is 19.1. The molecule has 1 saturated heterocycles. The van der Waals surface area contributed by atoms with Crippen molar-refractivity contribution in [3.8, 4) is 0 Å². The predicted molar refractivity (Wildman–Crippen MR) is 99.9 cm³/mol. The lowest BCUT2D eigenvalue weighted by Gasteiger charge is -2.43. The Morgan fingerprint density at radius 3 is 2.73 bits per heavy atom. The van der Waals surface area contributed by atoms with E-state index >= 15 is 0 Å². The highest BCUT2D eigenvalue weighted by atomic mass is 35.5. The molecule has 0 aromatic heterocycles. The Labute approximate surface area is 158 Å². The van der Waals surface area contributed by atoms with Crippen molar-refractivity contribution in [3.63, 3.8) is 0 Å². The molecule has 2 N–H and O–H groups in total. The van der Waals surface area contributed by atoms with Crippen molar-refractivity contribution >= 4 is 35.1 Å². The molecule has 1 spiro atoms. The van der Waals surface area contributed by atoms with Gasteiger partial charge in [0.2, 0.25) is 5.91 Å². The van der Waals surface area contributed by atoms with E-state index < -0.39 is 17.5 Å². The molecule has 1 heterocycles. The normalized spacial score (nSPS) is 27.5. The van der Waals surface area contributed by atoms with Gasteiger partial charge in [0.15, 0.2) is 0 Å². The molecule has 1 aromatic rings. The fraction of sp³-hybridized carbons (Fsp3) is 0.526. The van der Waals surface area contributed by atoms with Gasteiger partial charge in [-0.1, -0.05) is 38.4 Å². The van der Waals surface area contributed by atoms with Gasteiger partial charge in [-0.25, -0.2) is 4.79 Å². The van der Waals surface area contributed by atoms with Crippen LogP contribution in [0.1, 0.15) is 40.0 Å². The van der Waals surface area contributed by atoms with E-state index in [1.165, 1.54) is 0 Å². The maximum Gasteiger partial charge on any atom is 0.325 e. The first-order valence-electron chi connectivity index (χ1n) is 8.80. The lowest BCUT2D eigenvalue weighted by atomic mass is 9.64. The van der Waals surface area contributed by atoms with Crippen LogP contribution >= 0.6 is 11.6 Å². The second kappa shape index (κ2) is 6.58. The van der Waals surface area contributed by atoms with Crippen molar-refractivity contribution in [1.29, 1.82) is 0 Å². The maximum absolute atomic E-state index is 13.0. The molecule has 0 bridgehead atoms. The number of carbonyl (C=O) groups is 3. The van der Waals surface area contributed by atoms with E-state index in [0.717, 1.165) is 11.3 Å². The third kappa shape index (κ3) is 3.70. The Morgan fingerprint density at radius 2 is 2.08 bits per heavy atom. The first-order valence-corrected chi connectivity index (χ1v) is 9.18. The Hall–Kier alpha value is -2.08. The average Bonchev–Trinajstić information content (AvgIpc) is 2.68. The minimum absolute atomic E-state index is 0.0420. The quantitative estimate of drug-likeness (QED) is 0.792. The monoisotopic (exact) mass is 377 g/mol. The standard InChI is InChI=1S/C19H24ClN3O3/c1-12-8-18(2,3)11-19(9-12)16(25)23(17(26)22-19)10-15(24)21-14-6-4-5-13(20)7-14/h4-7,12H,8-11H2,1-3H3,(H,21,24)(H,22,26). The summed E-state index contributed by atoms with van der Waals surface area (Å²) in [6.45, 7) is 6.00. The number of hydrogen-bond acceptors (Lipinski definition) is 3. The van der Waals surface area contributed by atoms with Crippen LogP contribution in [0.25, 0.3) is 0 Å². The molecule has 1 aliphatic heterocycles. The zero-order valence-electron chi connectivity index (χ0n) is 15.3. The number of rotatable bonds is 3. The molecule has 2 aliphatic rings. The number of urea groups is 1. The maximum atomic E-state index is 13.0. The van der Waals surface area contributed by atoms with E-state index in [2.05, 4.69) is 31.4 Å². The fourth-order valence-electron chi connectivity index (χ4n) is 4.56. The molecule has 6 nitrogen and oxygen atoms in total. The number of halogens is 1. The fourth-order valence-corrected chi connectivity index (χ4v) is 4.75. The summed E-state index contributed by atoms with van der Waals surface area (Å²) >= 11 is 5.90. The molecule has 26 heavy (non-hydrogen) atoms. The third-order valence-electron chi connectivity index (χ3n) is 5.03. The van der Waals surface area contributed by atoms with Crippen LogP contribution in [0, 0.1) is 11.3 Å². The van der Waals surface area contributed by atoms with Crippen LogP contribution in [-0.2, 0) is 9.59 Å². The molecular formula is C19H24ClN3O3. The number of nitrogens with zero attached hydrogens (tertiary/aromatic N) is 1. The number of hydrogen-bond donors (Lipinski definition) is 2. The summed E-state index contributed by atoms with van der Waals surface area (Å²) in [5.41, 5.74) is -0.412. The van der Waals surface area contributed by atoms with Crippen molar-refractivity contribution in [2.24, 2.45) is 11.3 Å². The highest BCUT2D eigenvalue weighted by molar-refractivity contribution is 6.30. The molecule has 2 atom stereocenters. The zero-order valence-corrected chi connectivity index (χ0v) is 16.0. The van der Waals surface area contributed by atoms with E-state index in [1.807, 2.05) is 0 Å². The number of amides is 4. The third-order valence-corrected chi connectivity index (χ3v) is 5.27. The summed E-state index contributed by atoms with van der Waals surface area (Å²) in [4.78, 5) is 38.7. The van der Waals surface area contributed by atoms with Crippen molar-refractivity contribution in [3.05, 3.63) is 29.3 Å². The SMILES string of the molecule is CC1CC(C)(C)CC2(C1)NC(=O)N(CC(=O)Nc1cccc(Cl)c1)C2=O. The van der Waals surface area contributed by atoms with E-state index in [4.69, 9.17) is 11.6 Å². The highest BCUT2D eigenvalue weighted by Gasteiger charge is 2.56. The van der Waals surface area contributed by atoms with Crippen molar-refractivity contribution < 1.29 is 14.4 Å². The highest BCUT2D eigenvalue weighted by Crippen LogP contribution is 2.46. The summed E-state index contributed by atoms with van der Waals surface area (Å²) in [5.74, 6) is -0.414. The van der Waals surface area contributed by atoms with Gasteiger partial charge < -0.3 is 10.6 Å². The van der Waals surface area contributed by atoms with Gasteiger partial charge in [-0.15, -0.1) is 0 Å². The Kier molecular flexibility index (Phi) is 4.73. The van der Waals surface area contributed by atoms with Gasteiger partial charge in [0, 0.05) is 10.7 Å². The number of imide groups is 1. The van der Waals surface area contributed by atoms with Crippen LogP contribution in [0.15, 0.2) is 24.3 Å². The van der Waals surface area contributed by atoms with Crippen LogP contribution < -0.4 is 10.6 Å². The number of nitrogens with one attached hydrogen (secondary N) is 2. The molecule has 7 heteroatoms. The van der Waals surface area contributed by atoms with Gasteiger partial charge in [-0.3, -0.25) is 14.5 Å². The second-order valence-electron chi connectivity index (χ2n) is 8.32. The first-order chi connectivity index (χ1) is 12.1. The van der Waals surface area contributed by atoms with Crippen LogP contribution in [0.5, 0.6) is 0 Å². The van der Waals surface area contributed by atoms with Crippen LogP contribution in [-0.4, -0.2) is 34.8 Å². The van der Waals surface area contributed by atoms with Crippen molar-refractivity contribution in [2.45, 2.75) is 45.6 Å². The number of benzene rings is 1. The van der Waals surface area contributed by atoms with E-state index in [1.54, 1.807) is 24.3 Å². The molecule has 2 unspecified atom stereocenters. The Bertz CT molecular complexity index is 764. The van der Waals surface area contributed by atoms with Gasteiger partial charge in [0.05, 0.1) is 0 Å². The minimum Gasteiger partial charge on any atom is -0.324 e. The average molecular weight is 378 g/mol.